The van der Waals surface area contributed by atoms with E-state index in [0.717, 1.165) is 27.8 Å². The molecule has 9 rings (SSSR count). The van der Waals surface area contributed by atoms with Crippen LogP contribution in [0.1, 0.15) is 90.1 Å². The summed E-state index contributed by atoms with van der Waals surface area (Å²) in [5, 5.41) is 19.7. The molecule has 0 saturated heterocycles. The maximum atomic E-state index is 14.2. The highest BCUT2D eigenvalue weighted by atomic mass is 16.2. The Hall–Kier alpha value is -9.71. The first-order valence-electron chi connectivity index (χ1n) is 25.5. The first-order valence-corrected chi connectivity index (χ1v) is 25.5. The highest BCUT2D eigenvalue weighted by molar-refractivity contribution is 6.11. The van der Waals surface area contributed by atoms with Gasteiger partial charge in [0.05, 0.1) is 12.4 Å². The van der Waals surface area contributed by atoms with Crippen molar-refractivity contribution in [1.29, 1.82) is 0 Å². The molecule has 0 atom stereocenters. The standard InChI is InChI=1S/C60H62N16O2/c1-37-22-23-40(56(78)73-50(62-8)29-49(61)60(5,6)7)26-45(37)71-54-52-48(33-66-58(75-52)64-31-39-18-13-10-14-19-39)76(36-69-54)34-42-25-24-41(55(77)70-44-21-15-20-43(28-44)59(2,3)4)27-46(42)72-53-51-47(67-35-68-53)32-65-57(74-51)63-30-38-16-11-9-12-17-38/h9-29,32-33,35-36H,30-31,34H2,1-8H3,(H7,61,62,63,64,65,66,67,68,70,71,72,73,74,75,77,78)/p+1. The molecule has 0 aliphatic heterocycles. The topological polar surface area (TPSA) is 239 Å². The number of hydrogen-bond acceptors (Lipinski definition) is 15. The number of aromatic nitrogens is 8. The van der Waals surface area contributed by atoms with Crippen LogP contribution in [0.25, 0.3) is 22.1 Å². The fourth-order valence-electron chi connectivity index (χ4n) is 8.18. The summed E-state index contributed by atoms with van der Waals surface area (Å²) in [6.45, 7) is 15.6. The zero-order valence-electron chi connectivity index (χ0n) is 45.0. The van der Waals surface area contributed by atoms with Crippen LogP contribution in [0.15, 0.2) is 163 Å². The SMILES string of the molecule is CN=C(C=C(N)C(C)(C)C)NC(=O)c1ccc(C)c(Nc2nc[n+](Cc3ccc(C(=O)Nc4cccc(C(C)(C)C)c4)cc3Nc3ncnc4cnc(NCc5ccccc5)nc34)c3cnc(NCc4ccccc4)nc23)c1. The van der Waals surface area contributed by atoms with Crippen LogP contribution >= 0.6 is 0 Å². The first-order chi connectivity index (χ1) is 37.5. The normalized spacial score (nSPS) is 12.1. The Morgan fingerprint density at radius 2 is 1.29 bits per heavy atom. The number of benzene rings is 5. The summed E-state index contributed by atoms with van der Waals surface area (Å²) in [7, 11) is 1.60. The molecule has 4 aromatic heterocycles. The predicted molar refractivity (Wildman–Crippen MR) is 309 cm³/mol. The van der Waals surface area contributed by atoms with Crippen LogP contribution in [0, 0.1) is 12.3 Å². The van der Waals surface area contributed by atoms with E-state index < -0.39 is 0 Å². The Morgan fingerprint density at radius 1 is 0.667 bits per heavy atom. The summed E-state index contributed by atoms with van der Waals surface area (Å²) in [4.78, 5) is 65.5. The molecule has 2 amide bonds. The maximum Gasteiger partial charge on any atom is 0.289 e. The van der Waals surface area contributed by atoms with Gasteiger partial charge in [0.2, 0.25) is 11.9 Å². The number of amidine groups is 1. The predicted octanol–water partition coefficient (Wildman–Crippen LogP) is 10.3. The molecular weight excluding hydrogens is 977 g/mol. The molecule has 394 valence electrons. The minimum absolute atomic E-state index is 0.118. The van der Waals surface area contributed by atoms with Gasteiger partial charge in [-0.15, -0.1) is 0 Å². The van der Waals surface area contributed by atoms with Crippen LogP contribution in [0.2, 0.25) is 0 Å². The number of nitrogens with two attached hydrogens (primary N) is 1. The zero-order chi connectivity index (χ0) is 55.0. The molecule has 0 unspecified atom stereocenters. The Morgan fingerprint density at radius 3 is 1.97 bits per heavy atom. The van der Waals surface area contributed by atoms with Crippen molar-refractivity contribution in [2.75, 3.05) is 33.6 Å². The van der Waals surface area contributed by atoms with Gasteiger partial charge in [0, 0.05) is 65.0 Å². The molecule has 0 aliphatic rings. The van der Waals surface area contributed by atoms with E-state index in [1.54, 1.807) is 56.1 Å². The van der Waals surface area contributed by atoms with Crippen LogP contribution in [-0.4, -0.2) is 59.6 Å². The molecule has 18 nitrogen and oxygen atoms in total. The third-order valence-corrected chi connectivity index (χ3v) is 12.9. The Balaban J connectivity index is 1.08. The number of nitrogens with zero attached hydrogens (tertiary/aromatic N) is 9. The summed E-state index contributed by atoms with van der Waals surface area (Å²) in [5.41, 5.74) is 16.1. The van der Waals surface area contributed by atoms with E-state index in [2.05, 4.69) is 78.7 Å². The summed E-state index contributed by atoms with van der Waals surface area (Å²) < 4.78 is 1.94. The summed E-state index contributed by atoms with van der Waals surface area (Å²) >= 11 is 0. The van der Waals surface area contributed by atoms with Crippen LogP contribution in [0.3, 0.4) is 0 Å². The number of anilines is 7. The number of fused-ring (bicyclic) bond motifs is 2. The molecule has 0 saturated carbocycles. The summed E-state index contributed by atoms with van der Waals surface area (Å²) in [6.07, 6.45) is 8.23. The molecule has 0 bridgehead atoms. The minimum atomic E-state index is -0.361. The van der Waals surface area contributed by atoms with Gasteiger partial charge >= 0.3 is 0 Å². The van der Waals surface area contributed by atoms with Crippen molar-refractivity contribution in [3.05, 3.63) is 197 Å². The van der Waals surface area contributed by atoms with Gasteiger partial charge in [-0.3, -0.25) is 14.6 Å². The van der Waals surface area contributed by atoms with Crippen molar-refractivity contribution in [2.45, 2.75) is 73.5 Å². The summed E-state index contributed by atoms with van der Waals surface area (Å²) in [5.74, 6) is 1.29. The number of amides is 2. The number of carbonyl (C=O) groups is 2. The van der Waals surface area contributed by atoms with Crippen LogP contribution in [0.5, 0.6) is 0 Å². The molecule has 78 heavy (non-hydrogen) atoms. The Bertz CT molecular complexity index is 3720. The van der Waals surface area contributed by atoms with Crippen molar-refractivity contribution >= 4 is 80.3 Å². The van der Waals surface area contributed by atoms with Crippen LogP contribution < -0.4 is 42.2 Å². The van der Waals surface area contributed by atoms with E-state index in [-0.39, 0.29) is 29.2 Å². The average molecular weight is 1040 g/mol. The van der Waals surface area contributed by atoms with Crippen molar-refractivity contribution in [3.63, 3.8) is 0 Å². The van der Waals surface area contributed by atoms with E-state index in [1.165, 1.54) is 6.33 Å². The first kappa shape index (κ1) is 53.1. The maximum absolute atomic E-state index is 14.2. The third kappa shape index (κ3) is 13.0. The molecular formula is C60H63N16O2+. The van der Waals surface area contributed by atoms with Crippen molar-refractivity contribution < 1.29 is 14.2 Å². The third-order valence-electron chi connectivity index (χ3n) is 12.9. The van der Waals surface area contributed by atoms with E-state index in [9.17, 15) is 9.59 Å². The molecule has 18 heteroatoms. The smallest absolute Gasteiger partial charge is 0.289 e. The van der Waals surface area contributed by atoms with Crippen molar-refractivity contribution in [3.8, 4) is 0 Å². The number of aliphatic imine (C=N–C) groups is 1. The second kappa shape index (κ2) is 23.0. The molecule has 5 aromatic carbocycles. The second-order valence-corrected chi connectivity index (χ2v) is 20.8. The van der Waals surface area contributed by atoms with Gasteiger partial charge in [-0.25, -0.2) is 34.5 Å². The molecule has 0 fully saturated rings. The van der Waals surface area contributed by atoms with Crippen LogP contribution in [-0.2, 0) is 25.0 Å². The lowest BCUT2D eigenvalue weighted by molar-refractivity contribution is -0.665. The van der Waals surface area contributed by atoms with Gasteiger partial charge in [-0.1, -0.05) is 126 Å². The fourth-order valence-corrected chi connectivity index (χ4v) is 8.18. The number of hydrogen-bond donors (Lipinski definition) is 7. The highest BCUT2D eigenvalue weighted by Gasteiger charge is 2.23. The fraction of sp³-hybridized carbons (Fsp3) is 0.217. The molecule has 0 radical (unpaired) electrons. The van der Waals surface area contributed by atoms with Gasteiger partial charge in [-0.2, -0.15) is 0 Å². The van der Waals surface area contributed by atoms with Crippen LogP contribution in [0.4, 0.5) is 40.6 Å². The average Bonchev–Trinajstić information content (AvgIpc) is 3.56. The number of allylic oxidation sites excluding steroid dienone is 1. The summed E-state index contributed by atoms with van der Waals surface area (Å²) in [6, 6.07) is 38.7. The van der Waals surface area contributed by atoms with Crippen molar-refractivity contribution in [2.24, 2.45) is 16.1 Å². The lowest BCUT2D eigenvalue weighted by Gasteiger charge is -2.20. The molecule has 8 N–H and O–H groups in total. The number of nitrogens with one attached hydrogen (secondary N) is 6. The van der Waals surface area contributed by atoms with E-state index >= 15 is 0 Å². The molecule has 0 spiro atoms. The van der Waals surface area contributed by atoms with Gasteiger partial charge in [0.25, 0.3) is 24.0 Å². The Labute approximate surface area is 453 Å². The van der Waals surface area contributed by atoms with Gasteiger partial charge < -0.3 is 37.6 Å². The van der Waals surface area contributed by atoms with Gasteiger partial charge in [-0.05, 0) is 82.1 Å². The van der Waals surface area contributed by atoms with Gasteiger partial charge in [0.1, 0.15) is 29.7 Å². The highest BCUT2D eigenvalue weighted by Crippen LogP contribution is 2.30. The molecule has 4 heterocycles. The largest absolute Gasteiger partial charge is 0.401 e. The molecule has 0 aliphatic carbocycles. The number of rotatable bonds is 16. The number of aryl methyl sites for hydroxylation is 1. The van der Waals surface area contributed by atoms with Crippen molar-refractivity contribution in [1.82, 2.24) is 40.2 Å². The minimum Gasteiger partial charge on any atom is -0.401 e. The van der Waals surface area contributed by atoms with E-state index in [4.69, 9.17) is 25.7 Å². The van der Waals surface area contributed by atoms with E-state index in [1.807, 2.05) is 123 Å². The quantitative estimate of drug-likeness (QED) is 0.0271. The zero-order valence-corrected chi connectivity index (χ0v) is 45.0. The lowest BCUT2D eigenvalue weighted by atomic mass is 9.87. The van der Waals surface area contributed by atoms with Gasteiger partial charge in [0.15, 0.2) is 16.9 Å². The Kier molecular flexibility index (Phi) is 15.7. The molecule has 9 aromatic rings. The number of carbonyl (C=O) groups excluding carboxylic acids is 2. The van der Waals surface area contributed by atoms with E-state index in [0.29, 0.717) is 98.4 Å². The lowest BCUT2D eigenvalue weighted by Crippen LogP contribution is -2.36. The monoisotopic (exact) mass is 1040 g/mol. The second-order valence-electron chi connectivity index (χ2n) is 20.8.